The van der Waals surface area contributed by atoms with Crippen LogP contribution in [0.3, 0.4) is 0 Å². The van der Waals surface area contributed by atoms with E-state index in [2.05, 4.69) is 17.2 Å². The maximum absolute atomic E-state index is 12.9. The fraction of sp³-hybridized carbons (Fsp3) is 0.308. The van der Waals surface area contributed by atoms with E-state index in [0.29, 0.717) is 12.4 Å². The molecule has 0 aliphatic carbocycles. The highest BCUT2D eigenvalue weighted by Crippen LogP contribution is 2.20. The van der Waals surface area contributed by atoms with Crippen LogP contribution in [0.5, 0.6) is 5.75 Å². The summed E-state index contributed by atoms with van der Waals surface area (Å²) in [4.78, 5) is 5.25. The highest BCUT2D eigenvalue weighted by molar-refractivity contribution is 7.15. The molecule has 1 heterocycles. The van der Waals surface area contributed by atoms with Gasteiger partial charge < -0.3 is 10.1 Å². The van der Waals surface area contributed by atoms with Gasteiger partial charge in [-0.2, -0.15) is 0 Å². The number of benzene rings is 1. The second-order valence-electron chi connectivity index (χ2n) is 3.80. The fourth-order valence-electron chi connectivity index (χ4n) is 1.40. The van der Waals surface area contributed by atoms with E-state index in [1.54, 1.807) is 29.7 Å². The summed E-state index contributed by atoms with van der Waals surface area (Å²) in [5.41, 5.74) is 0. The van der Waals surface area contributed by atoms with Crippen molar-refractivity contribution in [2.24, 2.45) is 0 Å². The van der Waals surface area contributed by atoms with Crippen LogP contribution in [0.15, 0.2) is 30.5 Å². The monoisotopic (exact) mass is 266 g/mol. The molecular formula is C13H15FN2OS. The minimum atomic E-state index is -0.290. The van der Waals surface area contributed by atoms with E-state index in [4.69, 9.17) is 4.74 Å². The van der Waals surface area contributed by atoms with E-state index in [1.807, 2.05) is 0 Å². The molecule has 1 aromatic carbocycles. The number of hydrogen-bond acceptors (Lipinski definition) is 4. The SMILES string of the molecule is CCCNc1ncc(COc2cccc(F)c2)s1. The maximum atomic E-state index is 12.9. The van der Waals surface area contributed by atoms with Crippen molar-refractivity contribution in [1.82, 2.24) is 4.98 Å². The highest BCUT2D eigenvalue weighted by Gasteiger charge is 2.02. The number of ether oxygens (including phenoxy) is 1. The van der Waals surface area contributed by atoms with E-state index in [9.17, 15) is 4.39 Å². The molecule has 0 unspecified atom stereocenters. The Hall–Kier alpha value is -1.62. The summed E-state index contributed by atoms with van der Waals surface area (Å²) in [6.45, 7) is 3.43. The van der Waals surface area contributed by atoms with Gasteiger partial charge in [-0.25, -0.2) is 9.37 Å². The number of nitrogens with zero attached hydrogens (tertiary/aromatic N) is 1. The van der Waals surface area contributed by atoms with E-state index in [0.717, 1.165) is 23.0 Å². The van der Waals surface area contributed by atoms with Gasteiger partial charge in [0.1, 0.15) is 18.2 Å². The summed E-state index contributed by atoms with van der Waals surface area (Å²) in [5, 5.41) is 4.11. The summed E-state index contributed by atoms with van der Waals surface area (Å²) in [5.74, 6) is 0.244. The first-order valence-electron chi connectivity index (χ1n) is 5.85. The first-order chi connectivity index (χ1) is 8.78. The molecule has 96 valence electrons. The minimum Gasteiger partial charge on any atom is -0.488 e. The Morgan fingerprint density at radius 1 is 1.44 bits per heavy atom. The molecule has 0 bridgehead atoms. The number of halogens is 1. The van der Waals surface area contributed by atoms with E-state index >= 15 is 0 Å². The van der Waals surface area contributed by atoms with Gasteiger partial charge in [-0.1, -0.05) is 24.3 Å². The zero-order valence-electron chi connectivity index (χ0n) is 10.1. The third kappa shape index (κ3) is 3.70. The van der Waals surface area contributed by atoms with Gasteiger partial charge in [0, 0.05) is 18.8 Å². The number of rotatable bonds is 6. The van der Waals surface area contributed by atoms with Gasteiger partial charge in [0.15, 0.2) is 5.13 Å². The topological polar surface area (TPSA) is 34.2 Å². The maximum Gasteiger partial charge on any atom is 0.182 e. The van der Waals surface area contributed by atoms with Crippen LogP contribution < -0.4 is 10.1 Å². The molecule has 2 aromatic rings. The minimum absolute atomic E-state index is 0.290. The van der Waals surface area contributed by atoms with Crippen LogP contribution in [0, 0.1) is 5.82 Å². The fourth-order valence-corrected chi connectivity index (χ4v) is 2.15. The molecule has 0 spiro atoms. The van der Waals surface area contributed by atoms with Crippen molar-refractivity contribution in [3.8, 4) is 5.75 Å². The van der Waals surface area contributed by atoms with E-state index in [-0.39, 0.29) is 5.82 Å². The van der Waals surface area contributed by atoms with E-state index in [1.165, 1.54) is 12.1 Å². The van der Waals surface area contributed by atoms with Crippen molar-refractivity contribution < 1.29 is 9.13 Å². The Balaban J connectivity index is 1.88. The largest absolute Gasteiger partial charge is 0.488 e. The van der Waals surface area contributed by atoms with Crippen molar-refractivity contribution in [2.45, 2.75) is 20.0 Å². The predicted molar refractivity (Wildman–Crippen MR) is 71.6 cm³/mol. The van der Waals surface area contributed by atoms with Gasteiger partial charge in [-0.05, 0) is 18.6 Å². The summed E-state index contributed by atoms with van der Waals surface area (Å²) in [7, 11) is 0. The third-order valence-corrected chi connectivity index (χ3v) is 3.19. The van der Waals surface area contributed by atoms with Crippen molar-refractivity contribution in [1.29, 1.82) is 0 Å². The van der Waals surface area contributed by atoms with Crippen molar-refractivity contribution in [2.75, 3.05) is 11.9 Å². The predicted octanol–water partition coefficient (Wildman–Crippen LogP) is 3.68. The Kier molecular flexibility index (Phi) is 4.52. The molecule has 5 heteroatoms. The van der Waals surface area contributed by atoms with Gasteiger partial charge in [-0.15, -0.1) is 0 Å². The quantitative estimate of drug-likeness (QED) is 0.866. The summed E-state index contributed by atoms with van der Waals surface area (Å²) >= 11 is 1.56. The number of nitrogens with one attached hydrogen (secondary N) is 1. The van der Waals surface area contributed by atoms with Crippen molar-refractivity contribution in [3.63, 3.8) is 0 Å². The molecule has 0 fully saturated rings. The van der Waals surface area contributed by atoms with Gasteiger partial charge in [0.25, 0.3) is 0 Å². The van der Waals surface area contributed by atoms with Crippen LogP contribution in [-0.2, 0) is 6.61 Å². The molecule has 1 aromatic heterocycles. The van der Waals surface area contributed by atoms with Crippen molar-refractivity contribution in [3.05, 3.63) is 41.2 Å². The molecule has 0 aliphatic heterocycles. The molecule has 2 rings (SSSR count). The molecule has 0 radical (unpaired) electrons. The van der Waals surface area contributed by atoms with Crippen LogP contribution >= 0.6 is 11.3 Å². The average Bonchev–Trinajstić information content (AvgIpc) is 2.82. The first-order valence-corrected chi connectivity index (χ1v) is 6.66. The zero-order chi connectivity index (χ0) is 12.8. The van der Waals surface area contributed by atoms with Crippen LogP contribution in [-0.4, -0.2) is 11.5 Å². The molecular weight excluding hydrogens is 251 g/mol. The Labute approximate surface area is 110 Å². The molecule has 0 saturated heterocycles. The van der Waals surface area contributed by atoms with Gasteiger partial charge in [0.05, 0.1) is 4.88 Å². The second kappa shape index (κ2) is 6.35. The smallest absolute Gasteiger partial charge is 0.182 e. The van der Waals surface area contributed by atoms with Crippen LogP contribution in [0.2, 0.25) is 0 Å². The number of hydrogen-bond donors (Lipinski definition) is 1. The average molecular weight is 266 g/mol. The lowest BCUT2D eigenvalue weighted by molar-refractivity contribution is 0.308. The zero-order valence-corrected chi connectivity index (χ0v) is 11.0. The highest BCUT2D eigenvalue weighted by atomic mass is 32.1. The van der Waals surface area contributed by atoms with Gasteiger partial charge in [0.2, 0.25) is 0 Å². The van der Waals surface area contributed by atoms with Crippen LogP contribution in [0.4, 0.5) is 9.52 Å². The van der Waals surface area contributed by atoms with Gasteiger partial charge in [-0.3, -0.25) is 0 Å². The first kappa shape index (κ1) is 12.8. The van der Waals surface area contributed by atoms with Crippen LogP contribution in [0.25, 0.3) is 0 Å². The number of anilines is 1. The lowest BCUT2D eigenvalue weighted by Crippen LogP contribution is -1.97. The number of aromatic nitrogens is 1. The molecule has 1 N–H and O–H groups in total. The molecule has 18 heavy (non-hydrogen) atoms. The number of thiazole rings is 1. The standard InChI is InChI=1S/C13H15FN2OS/c1-2-6-15-13-16-8-12(18-13)9-17-11-5-3-4-10(14)7-11/h3-5,7-8H,2,6,9H2,1H3,(H,15,16). The lowest BCUT2D eigenvalue weighted by Gasteiger charge is -2.03. The summed E-state index contributed by atoms with van der Waals surface area (Å²) in [6.07, 6.45) is 2.84. The second-order valence-corrected chi connectivity index (χ2v) is 4.92. The Bertz CT molecular complexity index is 501. The summed E-state index contributed by atoms with van der Waals surface area (Å²) in [6, 6.07) is 6.13. The lowest BCUT2D eigenvalue weighted by atomic mass is 10.3. The van der Waals surface area contributed by atoms with Crippen LogP contribution in [0.1, 0.15) is 18.2 Å². The molecule has 0 atom stereocenters. The Morgan fingerprint density at radius 3 is 3.11 bits per heavy atom. The molecule has 3 nitrogen and oxygen atoms in total. The van der Waals surface area contributed by atoms with E-state index < -0.39 is 0 Å². The third-order valence-electron chi connectivity index (χ3n) is 2.26. The molecule has 0 amide bonds. The normalized spacial score (nSPS) is 10.3. The Morgan fingerprint density at radius 2 is 2.33 bits per heavy atom. The molecule has 0 saturated carbocycles. The summed E-state index contributed by atoms with van der Waals surface area (Å²) < 4.78 is 18.4. The van der Waals surface area contributed by atoms with Gasteiger partial charge >= 0.3 is 0 Å². The molecule has 0 aliphatic rings. The van der Waals surface area contributed by atoms with Crippen molar-refractivity contribution >= 4 is 16.5 Å².